The summed E-state index contributed by atoms with van der Waals surface area (Å²) in [6, 6.07) is 12.3. The van der Waals surface area contributed by atoms with Crippen LogP contribution in [0.25, 0.3) is 0 Å². The molecule has 1 unspecified atom stereocenters. The number of nitrogens with zero attached hydrogens (tertiary/aromatic N) is 1. The number of rotatable bonds is 7. The van der Waals surface area contributed by atoms with E-state index >= 15 is 0 Å². The van der Waals surface area contributed by atoms with Gasteiger partial charge in [-0.25, -0.2) is 0 Å². The lowest BCUT2D eigenvalue weighted by Gasteiger charge is -2.27. The van der Waals surface area contributed by atoms with Crippen LogP contribution in [0.15, 0.2) is 42.5 Å². The minimum Gasteiger partial charge on any atom is -0.381 e. The molecule has 2 aliphatic rings. The van der Waals surface area contributed by atoms with Crippen molar-refractivity contribution >= 4 is 29.3 Å². The second kappa shape index (κ2) is 8.69. The van der Waals surface area contributed by atoms with Gasteiger partial charge in [0.15, 0.2) is 0 Å². The van der Waals surface area contributed by atoms with E-state index in [-0.39, 0.29) is 29.9 Å². The van der Waals surface area contributed by atoms with Gasteiger partial charge in [0.25, 0.3) is 11.8 Å². The van der Waals surface area contributed by atoms with Crippen molar-refractivity contribution in [3.63, 3.8) is 0 Å². The molecule has 2 heterocycles. The predicted molar refractivity (Wildman–Crippen MR) is 115 cm³/mol. The van der Waals surface area contributed by atoms with E-state index in [4.69, 9.17) is 0 Å². The van der Waals surface area contributed by atoms with Gasteiger partial charge in [-0.3, -0.25) is 29.4 Å². The highest BCUT2D eigenvalue weighted by Crippen LogP contribution is 2.28. The standard InChI is InChI=1S/C23H24N4O4/c1-24-11-10-14-2-5-16(6-3-14)25-13-15-4-7-17-18(12-15)23(31)27(22(17)30)19-8-9-20(28)26-21(19)29/h2-7,12,19,24-25H,8-11,13H2,1H3,(H,26,28,29). The first kappa shape index (κ1) is 20.7. The molecule has 2 aromatic rings. The summed E-state index contributed by atoms with van der Waals surface area (Å²) >= 11 is 0. The highest BCUT2D eigenvalue weighted by atomic mass is 16.2. The van der Waals surface area contributed by atoms with Gasteiger partial charge in [0, 0.05) is 18.7 Å². The largest absolute Gasteiger partial charge is 0.381 e. The van der Waals surface area contributed by atoms with Crippen LogP contribution in [0.2, 0.25) is 0 Å². The van der Waals surface area contributed by atoms with Gasteiger partial charge in [0.05, 0.1) is 11.1 Å². The molecule has 160 valence electrons. The first-order valence-electron chi connectivity index (χ1n) is 10.3. The summed E-state index contributed by atoms with van der Waals surface area (Å²) < 4.78 is 0. The Kier molecular flexibility index (Phi) is 5.81. The lowest BCUT2D eigenvalue weighted by atomic mass is 10.0. The maximum absolute atomic E-state index is 12.9. The average Bonchev–Trinajstić information content (AvgIpc) is 3.01. The predicted octanol–water partition coefficient (Wildman–Crippen LogP) is 1.46. The fourth-order valence-corrected chi connectivity index (χ4v) is 3.89. The molecule has 0 bridgehead atoms. The summed E-state index contributed by atoms with van der Waals surface area (Å²) in [5, 5.41) is 8.65. The molecule has 0 aliphatic carbocycles. The summed E-state index contributed by atoms with van der Waals surface area (Å²) in [5.74, 6) is -1.98. The second-order valence-electron chi connectivity index (χ2n) is 7.73. The molecular formula is C23H24N4O4. The number of benzene rings is 2. The molecule has 1 atom stereocenters. The molecule has 1 fully saturated rings. The van der Waals surface area contributed by atoms with E-state index in [1.165, 1.54) is 5.56 Å². The van der Waals surface area contributed by atoms with Gasteiger partial charge >= 0.3 is 0 Å². The maximum Gasteiger partial charge on any atom is 0.262 e. The van der Waals surface area contributed by atoms with E-state index in [1.54, 1.807) is 18.2 Å². The van der Waals surface area contributed by atoms with Crippen LogP contribution >= 0.6 is 0 Å². The van der Waals surface area contributed by atoms with Crippen molar-refractivity contribution in [3.05, 3.63) is 64.7 Å². The molecule has 4 amide bonds. The number of hydrogen-bond donors (Lipinski definition) is 3. The Morgan fingerprint density at radius 3 is 2.39 bits per heavy atom. The number of amides is 4. The molecule has 2 aliphatic heterocycles. The van der Waals surface area contributed by atoms with Crippen LogP contribution in [-0.4, -0.2) is 48.2 Å². The van der Waals surface area contributed by atoms with E-state index in [2.05, 4.69) is 28.1 Å². The quantitative estimate of drug-likeness (QED) is 0.586. The number of carbonyl (C=O) groups excluding carboxylic acids is 4. The number of imide groups is 2. The Labute approximate surface area is 180 Å². The molecule has 8 nitrogen and oxygen atoms in total. The third-order valence-corrected chi connectivity index (χ3v) is 5.62. The molecule has 8 heteroatoms. The van der Waals surface area contributed by atoms with Crippen molar-refractivity contribution < 1.29 is 19.2 Å². The Bertz CT molecular complexity index is 1050. The number of carbonyl (C=O) groups is 4. The van der Waals surface area contributed by atoms with Crippen molar-refractivity contribution in [2.75, 3.05) is 18.9 Å². The van der Waals surface area contributed by atoms with Gasteiger partial charge in [-0.15, -0.1) is 0 Å². The zero-order chi connectivity index (χ0) is 22.0. The molecule has 4 rings (SSSR count). The van der Waals surface area contributed by atoms with E-state index in [9.17, 15) is 19.2 Å². The molecule has 0 saturated carbocycles. The van der Waals surface area contributed by atoms with Gasteiger partial charge < -0.3 is 10.6 Å². The van der Waals surface area contributed by atoms with Crippen molar-refractivity contribution in [1.82, 2.24) is 15.5 Å². The normalized spacial score (nSPS) is 18.2. The van der Waals surface area contributed by atoms with Crippen LogP contribution in [0, 0.1) is 0 Å². The lowest BCUT2D eigenvalue weighted by Crippen LogP contribution is -2.54. The van der Waals surface area contributed by atoms with E-state index in [0.717, 1.165) is 29.1 Å². The van der Waals surface area contributed by atoms with Crippen LogP contribution < -0.4 is 16.0 Å². The molecule has 2 aromatic carbocycles. The zero-order valence-corrected chi connectivity index (χ0v) is 17.2. The fraction of sp³-hybridized carbons (Fsp3) is 0.304. The number of anilines is 1. The molecule has 0 radical (unpaired) electrons. The molecule has 31 heavy (non-hydrogen) atoms. The topological polar surface area (TPSA) is 108 Å². The summed E-state index contributed by atoms with van der Waals surface area (Å²) in [4.78, 5) is 50.2. The summed E-state index contributed by atoms with van der Waals surface area (Å²) in [7, 11) is 1.93. The number of piperidine rings is 1. The Balaban J connectivity index is 1.44. The summed E-state index contributed by atoms with van der Waals surface area (Å²) in [6.45, 7) is 1.41. The summed E-state index contributed by atoms with van der Waals surface area (Å²) in [5.41, 5.74) is 3.63. The second-order valence-corrected chi connectivity index (χ2v) is 7.73. The van der Waals surface area contributed by atoms with E-state index < -0.39 is 23.8 Å². The van der Waals surface area contributed by atoms with Crippen molar-refractivity contribution in [2.45, 2.75) is 31.8 Å². The van der Waals surface area contributed by atoms with Gasteiger partial charge in [-0.2, -0.15) is 0 Å². The Hall–Kier alpha value is -3.52. The van der Waals surface area contributed by atoms with Crippen molar-refractivity contribution in [2.24, 2.45) is 0 Å². The third-order valence-electron chi connectivity index (χ3n) is 5.62. The van der Waals surface area contributed by atoms with Crippen LogP contribution in [0.5, 0.6) is 0 Å². The Morgan fingerprint density at radius 2 is 1.68 bits per heavy atom. The summed E-state index contributed by atoms with van der Waals surface area (Å²) in [6.07, 6.45) is 1.21. The highest BCUT2D eigenvalue weighted by molar-refractivity contribution is 6.23. The average molecular weight is 420 g/mol. The minimum absolute atomic E-state index is 0.104. The molecule has 0 aromatic heterocycles. The minimum atomic E-state index is -0.951. The van der Waals surface area contributed by atoms with E-state index in [0.29, 0.717) is 6.54 Å². The van der Waals surface area contributed by atoms with Crippen LogP contribution in [0.3, 0.4) is 0 Å². The zero-order valence-electron chi connectivity index (χ0n) is 17.2. The van der Waals surface area contributed by atoms with Crippen molar-refractivity contribution in [3.8, 4) is 0 Å². The monoisotopic (exact) mass is 420 g/mol. The first-order chi connectivity index (χ1) is 15.0. The van der Waals surface area contributed by atoms with Gasteiger partial charge in [-0.1, -0.05) is 18.2 Å². The third kappa shape index (κ3) is 4.20. The van der Waals surface area contributed by atoms with Crippen LogP contribution in [0.4, 0.5) is 5.69 Å². The molecule has 0 spiro atoms. The Morgan fingerprint density at radius 1 is 0.968 bits per heavy atom. The highest BCUT2D eigenvalue weighted by Gasteiger charge is 2.44. The van der Waals surface area contributed by atoms with Crippen LogP contribution in [0.1, 0.15) is 44.7 Å². The number of likely N-dealkylation sites (N-methyl/N-ethyl adjacent to an activating group) is 1. The van der Waals surface area contributed by atoms with Gasteiger partial charge in [-0.05, 0) is 61.8 Å². The van der Waals surface area contributed by atoms with Crippen LogP contribution in [-0.2, 0) is 22.6 Å². The molecular weight excluding hydrogens is 396 g/mol. The smallest absolute Gasteiger partial charge is 0.262 e. The SMILES string of the molecule is CNCCc1ccc(NCc2ccc3c(c2)C(=O)N(C2CCC(=O)NC2=O)C3=O)cc1. The fourth-order valence-electron chi connectivity index (χ4n) is 3.89. The number of nitrogens with one attached hydrogen (secondary N) is 3. The van der Waals surface area contributed by atoms with E-state index in [1.807, 2.05) is 19.2 Å². The number of fused-ring (bicyclic) bond motifs is 1. The molecule has 3 N–H and O–H groups in total. The maximum atomic E-state index is 12.9. The van der Waals surface area contributed by atoms with Crippen molar-refractivity contribution in [1.29, 1.82) is 0 Å². The molecule has 1 saturated heterocycles. The first-order valence-corrected chi connectivity index (χ1v) is 10.3. The van der Waals surface area contributed by atoms with Gasteiger partial charge in [0.1, 0.15) is 6.04 Å². The lowest BCUT2D eigenvalue weighted by molar-refractivity contribution is -0.136. The van der Waals surface area contributed by atoms with Gasteiger partial charge in [0.2, 0.25) is 11.8 Å². The number of hydrogen-bond acceptors (Lipinski definition) is 6.